The van der Waals surface area contributed by atoms with Crippen molar-refractivity contribution in [3.05, 3.63) is 47.1 Å². The van der Waals surface area contributed by atoms with Crippen molar-refractivity contribution < 1.29 is 9.90 Å². The minimum Gasteiger partial charge on any atom is -0.388 e. The average Bonchev–Trinajstić information content (AvgIpc) is 3.17. The molecule has 0 aliphatic heterocycles. The summed E-state index contributed by atoms with van der Waals surface area (Å²) in [5.74, 6) is 2.23. The number of aliphatic hydroxyl groups is 1. The van der Waals surface area contributed by atoms with Crippen molar-refractivity contribution in [3.63, 3.8) is 0 Å². The van der Waals surface area contributed by atoms with E-state index in [4.69, 9.17) is 6.58 Å². The van der Waals surface area contributed by atoms with Crippen molar-refractivity contribution in [1.29, 1.82) is 0 Å². The maximum atomic E-state index is 13.0. The van der Waals surface area contributed by atoms with Crippen molar-refractivity contribution in [2.75, 3.05) is 0 Å². The Balaban J connectivity index is 1.89. The second kappa shape index (κ2) is 6.55. The second-order valence-corrected chi connectivity index (χ2v) is 11.6. The molecule has 0 radical (unpaired) electrons. The van der Waals surface area contributed by atoms with Crippen molar-refractivity contribution >= 4 is 5.78 Å². The van der Waals surface area contributed by atoms with E-state index in [0.29, 0.717) is 35.5 Å². The number of aliphatic hydroxyl groups excluding tert-OH is 1. The van der Waals surface area contributed by atoms with Crippen LogP contribution in [-0.2, 0) is 4.79 Å². The van der Waals surface area contributed by atoms with Gasteiger partial charge in [0, 0.05) is 23.2 Å². The first-order valence-electron chi connectivity index (χ1n) is 11.8. The molecule has 0 saturated heterocycles. The molecule has 8 atom stereocenters. The van der Waals surface area contributed by atoms with E-state index in [2.05, 4.69) is 53.7 Å². The van der Waals surface area contributed by atoms with Crippen LogP contribution in [-0.4, -0.2) is 17.0 Å². The van der Waals surface area contributed by atoms with Gasteiger partial charge in [-0.05, 0) is 74.3 Å². The van der Waals surface area contributed by atoms with Crippen LogP contribution in [0.15, 0.2) is 47.1 Å². The lowest BCUT2D eigenvalue weighted by molar-refractivity contribution is -0.119. The maximum Gasteiger partial charge on any atom is 0.158 e. The van der Waals surface area contributed by atoms with E-state index in [0.717, 1.165) is 11.1 Å². The molecule has 164 valence electrons. The Hall–Kier alpha value is -1.41. The summed E-state index contributed by atoms with van der Waals surface area (Å²) in [6.07, 6.45) is 7.73. The molecule has 0 aromatic carbocycles. The Kier molecular flexibility index (Phi) is 4.76. The molecular weight excluding hydrogens is 368 g/mol. The van der Waals surface area contributed by atoms with Gasteiger partial charge in [0.25, 0.3) is 0 Å². The zero-order chi connectivity index (χ0) is 22.4. The van der Waals surface area contributed by atoms with Crippen molar-refractivity contribution in [2.24, 2.45) is 45.8 Å². The third kappa shape index (κ3) is 2.43. The number of carbonyl (C=O) groups is 1. The fourth-order valence-corrected chi connectivity index (χ4v) is 8.16. The van der Waals surface area contributed by atoms with Gasteiger partial charge in [0.2, 0.25) is 0 Å². The van der Waals surface area contributed by atoms with E-state index in [1.807, 2.05) is 19.9 Å². The minimum atomic E-state index is -0.572. The lowest BCUT2D eigenvalue weighted by atomic mass is 9.50. The maximum absolute atomic E-state index is 13.0. The highest BCUT2D eigenvalue weighted by atomic mass is 16.3. The molecule has 2 heteroatoms. The number of fused-ring (bicyclic) bond motifs is 3. The molecule has 0 aromatic rings. The van der Waals surface area contributed by atoms with Crippen molar-refractivity contribution in [2.45, 2.75) is 74.3 Å². The van der Waals surface area contributed by atoms with E-state index >= 15 is 0 Å². The third-order valence-electron chi connectivity index (χ3n) is 10.2. The van der Waals surface area contributed by atoms with Gasteiger partial charge in [0.1, 0.15) is 0 Å². The zero-order valence-electron chi connectivity index (χ0n) is 20.2. The van der Waals surface area contributed by atoms with E-state index in [1.54, 1.807) is 0 Å². The van der Waals surface area contributed by atoms with E-state index in [9.17, 15) is 9.90 Å². The van der Waals surface area contributed by atoms with Crippen LogP contribution in [0.3, 0.4) is 0 Å². The van der Waals surface area contributed by atoms with Crippen LogP contribution < -0.4 is 0 Å². The largest absolute Gasteiger partial charge is 0.388 e. The average molecular weight is 409 g/mol. The highest BCUT2D eigenvalue weighted by Gasteiger charge is 2.71. The zero-order valence-corrected chi connectivity index (χ0v) is 20.2. The smallest absolute Gasteiger partial charge is 0.158 e. The van der Waals surface area contributed by atoms with E-state index < -0.39 is 11.5 Å². The lowest BCUT2D eigenvalue weighted by Crippen LogP contribution is -2.53. The molecule has 0 heterocycles. The van der Waals surface area contributed by atoms with Crippen LogP contribution in [0.25, 0.3) is 0 Å². The van der Waals surface area contributed by atoms with Gasteiger partial charge < -0.3 is 5.11 Å². The highest BCUT2D eigenvalue weighted by Crippen LogP contribution is 2.76. The summed E-state index contributed by atoms with van der Waals surface area (Å²) in [7, 11) is 0. The summed E-state index contributed by atoms with van der Waals surface area (Å²) in [6, 6.07) is 0. The summed E-state index contributed by atoms with van der Waals surface area (Å²) in [5, 5.41) is 11.8. The molecule has 30 heavy (non-hydrogen) atoms. The van der Waals surface area contributed by atoms with Gasteiger partial charge in [-0.25, -0.2) is 0 Å². The van der Waals surface area contributed by atoms with Gasteiger partial charge in [0.15, 0.2) is 5.78 Å². The predicted molar refractivity (Wildman–Crippen MR) is 124 cm³/mol. The first-order chi connectivity index (χ1) is 13.9. The topological polar surface area (TPSA) is 37.3 Å². The minimum absolute atomic E-state index is 0.0265. The van der Waals surface area contributed by atoms with Gasteiger partial charge in [-0.15, -0.1) is 0 Å². The summed E-state index contributed by atoms with van der Waals surface area (Å²) in [5.41, 5.74) is 4.03. The Morgan fingerprint density at radius 2 is 1.90 bits per heavy atom. The molecule has 4 aliphatic carbocycles. The fourth-order valence-electron chi connectivity index (χ4n) is 8.16. The molecule has 2 saturated carbocycles. The Labute approximate surface area is 183 Å². The number of rotatable bonds is 3. The molecule has 4 aliphatic rings. The summed E-state index contributed by atoms with van der Waals surface area (Å²) >= 11 is 0. The monoisotopic (exact) mass is 408 g/mol. The Morgan fingerprint density at radius 3 is 2.50 bits per heavy atom. The molecule has 0 aromatic heterocycles. The molecule has 6 unspecified atom stereocenters. The summed E-state index contributed by atoms with van der Waals surface area (Å²) in [4.78, 5) is 13.0. The van der Waals surface area contributed by atoms with Gasteiger partial charge in [-0.1, -0.05) is 63.6 Å². The summed E-state index contributed by atoms with van der Waals surface area (Å²) in [6.45, 7) is 22.3. The predicted octanol–water partition coefficient (Wildman–Crippen LogP) is 6.29. The first-order valence-corrected chi connectivity index (χ1v) is 11.8. The van der Waals surface area contributed by atoms with Gasteiger partial charge in [0.05, 0.1) is 6.10 Å². The lowest BCUT2D eigenvalue weighted by Gasteiger charge is -2.53. The number of hydrogen-bond donors (Lipinski definition) is 1. The van der Waals surface area contributed by atoms with Crippen LogP contribution in [0.1, 0.15) is 68.2 Å². The molecule has 0 amide bonds. The molecular formula is C28H40O2. The van der Waals surface area contributed by atoms with Crippen LogP contribution in [0.4, 0.5) is 0 Å². The SMILES string of the molecule is C=C1C2C=C(C)C(O)C3(C)C(CC(=O)/C(C)=C\C)C(C)=CC13[C@H](C)C[C@@H]1C2C1(C)C. The normalized spacial score (nSPS) is 46.8. The van der Waals surface area contributed by atoms with Crippen LogP contribution in [0.5, 0.6) is 0 Å². The van der Waals surface area contributed by atoms with E-state index in [-0.39, 0.29) is 17.1 Å². The Bertz CT molecular complexity index is 900. The molecule has 2 nitrogen and oxygen atoms in total. The number of hydrogen-bond acceptors (Lipinski definition) is 2. The molecule has 2 bridgehead atoms. The van der Waals surface area contributed by atoms with Crippen molar-refractivity contribution in [3.8, 4) is 0 Å². The van der Waals surface area contributed by atoms with Crippen LogP contribution >= 0.6 is 0 Å². The number of ketones is 1. The molecule has 4 rings (SSSR count). The van der Waals surface area contributed by atoms with Gasteiger partial charge in [-0.2, -0.15) is 0 Å². The van der Waals surface area contributed by atoms with Crippen LogP contribution in [0, 0.1) is 45.8 Å². The highest BCUT2D eigenvalue weighted by molar-refractivity contribution is 5.95. The standard InChI is InChI=1S/C28H40O2/c1-10-15(2)23(29)13-21-17(4)14-28-18(5)12-22-24(26(22,7)8)20(19(28)6)11-16(3)25(30)27(21,28)9/h10-11,14,18,20-22,24-25,30H,6,12-13H2,1-5,7-9H3/b15-10-/t18-,20?,21?,22-,24?,25?,27?,28?/m1/s1. The Morgan fingerprint density at radius 1 is 1.27 bits per heavy atom. The molecule has 1 N–H and O–H groups in total. The van der Waals surface area contributed by atoms with Crippen LogP contribution in [0.2, 0.25) is 0 Å². The van der Waals surface area contributed by atoms with Gasteiger partial charge >= 0.3 is 0 Å². The summed E-state index contributed by atoms with van der Waals surface area (Å²) < 4.78 is 0. The van der Waals surface area contributed by atoms with E-state index in [1.165, 1.54) is 17.6 Å². The number of allylic oxidation sites excluding steroid dienone is 6. The number of Topliss-reactive ketones (excluding diaryl/α,β-unsaturated/α-hetero) is 1. The fraction of sp³-hybridized carbons (Fsp3) is 0.679. The quantitative estimate of drug-likeness (QED) is 0.440. The molecule has 2 fully saturated rings. The molecule has 1 spiro atoms. The second-order valence-electron chi connectivity index (χ2n) is 11.6. The number of carbonyl (C=O) groups excluding carboxylic acids is 1. The third-order valence-corrected chi connectivity index (χ3v) is 10.2. The van der Waals surface area contributed by atoms with Crippen molar-refractivity contribution in [1.82, 2.24) is 0 Å². The van der Waals surface area contributed by atoms with Gasteiger partial charge in [-0.3, -0.25) is 4.79 Å². The first kappa shape index (κ1) is 21.8.